The van der Waals surface area contributed by atoms with Gasteiger partial charge in [0.25, 0.3) is 0 Å². The third-order valence-corrected chi connectivity index (χ3v) is 5.93. The van der Waals surface area contributed by atoms with Gasteiger partial charge in [0.15, 0.2) is 0 Å². The van der Waals surface area contributed by atoms with Crippen molar-refractivity contribution in [2.45, 2.75) is 38.8 Å². The summed E-state index contributed by atoms with van der Waals surface area (Å²) in [5.41, 5.74) is 2.66. The molecular weight excluding hydrogens is 427 g/mol. The van der Waals surface area contributed by atoms with Crippen molar-refractivity contribution in [3.05, 3.63) is 57.1 Å². The van der Waals surface area contributed by atoms with E-state index in [9.17, 15) is 15.0 Å². The van der Waals surface area contributed by atoms with E-state index >= 15 is 0 Å². The van der Waals surface area contributed by atoms with Crippen LogP contribution in [0.1, 0.15) is 42.0 Å². The Bertz CT molecular complexity index is 897. The van der Waals surface area contributed by atoms with Gasteiger partial charge in [-0.15, -0.1) is 0 Å². The van der Waals surface area contributed by atoms with Crippen molar-refractivity contribution >= 4 is 29.2 Å². The summed E-state index contributed by atoms with van der Waals surface area (Å²) in [7, 11) is 0. The predicted octanol–water partition coefficient (Wildman–Crippen LogP) is 3.15. The summed E-state index contributed by atoms with van der Waals surface area (Å²) >= 11 is 12.1. The first-order valence-corrected chi connectivity index (χ1v) is 10.7. The summed E-state index contributed by atoms with van der Waals surface area (Å²) < 4.78 is 0. The van der Waals surface area contributed by atoms with Crippen LogP contribution in [0, 0.1) is 5.92 Å². The molecule has 0 fully saturated rings. The van der Waals surface area contributed by atoms with Crippen LogP contribution in [-0.2, 0) is 19.4 Å². The number of fused-ring (bicyclic) bond motifs is 1. The zero-order chi connectivity index (χ0) is 21.7. The number of aliphatic hydroxyl groups is 2. The minimum absolute atomic E-state index is 0.0757. The Kier molecular flexibility index (Phi) is 7.88. The molecule has 1 aliphatic rings. The first-order chi connectivity index (χ1) is 14.4. The van der Waals surface area contributed by atoms with Crippen LogP contribution in [0.2, 0.25) is 10.0 Å². The lowest BCUT2D eigenvalue weighted by atomic mass is 10.0. The van der Waals surface area contributed by atoms with Gasteiger partial charge < -0.3 is 20.4 Å². The molecule has 0 aliphatic carbocycles. The predicted molar refractivity (Wildman–Crippen MR) is 116 cm³/mol. The number of hydrogen-bond acceptors (Lipinski definition) is 5. The van der Waals surface area contributed by atoms with Crippen molar-refractivity contribution in [1.29, 1.82) is 0 Å². The number of amides is 2. The minimum Gasteiger partial charge on any atom is -0.396 e. The lowest BCUT2D eigenvalue weighted by Gasteiger charge is -2.30. The normalized spacial score (nSPS) is 15.4. The molecule has 1 aromatic heterocycles. The lowest BCUT2D eigenvalue weighted by Crippen LogP contribution is -2.44. The van der Waals surface area contributed by atoms with Gasteiger partial charge in [-0.2, -0.15) is 0 Å². The van der Waals surface area contributed by atoms with Crippen molar-refractivity contribution in [1.82, 2.24) is 20.2 Å². The monoisotopic (exact) mass is 452 g/mol. The van der Waals surface area contributed by atoms with Crippen LogP contribution in [0.5, 0.6) is 0 Å². The molecule has 162 valence electrons. The van der Waals surface area contributed by atoms with E-state index in [2.05, 4.69) is 15.3 Å². The van der Waals surface area contributed by atoms with Crippen LogP contribution >= 0.6 is 23.2 Å². The summed E-state index contributed by atoms with van der Waals surface area (Å²) in [6, 6.07) is 4.57. The van der Waals surface area contributed by atoms with Crippen LogP contribution in [0.3, 0.4) is 0 Å². The highest BCUT2D eigenvalue weighted by molar-refractivity contribution is 6.42. The highest BCUT2D eigenvalue weighted by atomic mass is 35.5. The maximum atomic E-state index is 12.9. The molecule has 2 amide bonds. The fourth-order valence-corrected chi connectivity index (χ4v) is 3.72. The molecule has 0 spiro atoms. The number of halogens is 2. The van der Waals surface area contributed by atoms with Gasteiger partial charge in [-0.05, 0) is 42.0 Å². The second kappa shape index (κ2) is 10.4. The van der Waals surface area contributed by atoms with Gasteiger partial charge in [0.2, 0.25) is 0 Å². The smallest absolute Gasteiger partial charge is 0.318 e. The van der Waals surface area contributed by atoms with Crippen LogP contribution in [0.25, 0.3) is 0 Å². The molecule has 2 atom stereocenters. The maximum Gasteiger partial charge on any atom is 0.318 e. The van der Waals surface area contributed by atoms with E-state index in [-0.39, 0.29) is 31.2 Å². The Balaban J connectivity index is 1.70. The molecular formula is C21H26Cl2N4O3. The topological polar surface area (TPSA) is 98.6 Å². The SMILES string of the molecule is C[C@@H](CO)Cc1ncc2c(n1)CN(C(=O)NC(CCO)c1ccc(Cl)c(Cl)c1)CC2. The van der Waals surface area contributed by atoms with Gasteiger partial charge in [0, 0.05) is 32.4 Å². The van der Waals surface area contributed by atoms with E-state index in [1.165, 1.54) is 0 Å². The number of carbonyl (C=O) groups is 1. The van der Waals surface area contributed by atoms with E-state index in [1.54, 1.807) is 23.1 Å². The van der Waals surface area contributed by atoms with Crippen molar-refractivity contribution in [3.63, 3.8) is 0 Å². The van der Waals surface area contributed by atoms with Crippen molar-refractivity contribution in [2.75, 3.05) is 19.8 Å². The van der Waals surface area contributed by atoms with Gasteiger partial charge in [0.1, 0.15) is 5.82 Å². The summed E-state index contributed by atoms with van der Waals surface area (Å²) in [5.74, 6) is 0.753. The van der Waals surface area contributed by atoms with E-state index in [0.717, 1.165) is 16.8 Å². The molecule has 2 heterocycles. The zero-order valence-electron chi connectivity index (χ0n) is 16.8. The molecule has 2 aromatic rings. The van der Waals surface area contributed by atoms with E-state index in [4.69, 9.17) is 23.2 Å². The first-order valence-electron chi connectivity index (χ1n) is 9.97. The summed E-state index contributed by atoms with van der Waals surface area (Å²) in [6.45, 7) is 2.88. The number of aromatic nitrogens is 2. The third kappa shape index (κ3) is 5.60. The van der Waals surface area contributed by atoms with E-state index in [0.29, 0.717) is 48.2 Å². The largest absolute Gasteiger partial charge is 0.396 e. The molecule has 30 heavy (non-hydrogen) atoms. The summed E-state index contributed by atoms with van der Waals surface area (Å²) in [5, 5.41) is 22.5. The van der Waals surface area contributed by atoms with Crippen LogP contribution in [0.4, 0.5) is 4.79 Å². The molecule has 1 aliphatic heterocycles. The van der Waals surface area contributed by atoms with Gasteiger partial charge in [0.05, 0.1) is 28.3 Å². The zero-order valence-corrected chi connectivity index (χ0v) is 18.3. The van der Waals surface area contributed by atoms with Crippen molar-refractivity contribution < 1.29 is 15.0 Å². The third-order valence-electron chi connectivity index (χ3n) is 5.19. The van der Waals surface area contributed by atoms with Crippen LogP contribution in [-0.4, -0.2) is 50.9 Å². The highest BCUT2D eigenvalue weighted by Crippen LogP contribution is 2.27. The number of rotatable bonds is 7. The number of urea groups is 1. The van der Waals surface area contributed by atoms with Crippen LogP contribution < -0.4 is 5.32 Å². The minimum atomic E-state index is -0.384. The molecule has 7 nitrogen and oxygen atoms in total. The Morgan fingerprint density at radius 1 is 1.30 bits per heavy atom. The highest BCUT2D eigenvalue weighted by Gasteiger charge is 2.25. The Hall–Kier alpha value is -1.93. The van der Waals surface area contributed by atoms with Crippen molar-refractivity contribution in [2.24, 2.45) is 5.92 Å². The average Bonchev–Trinajstić information content (AvgIpc) is 2.74. The molecule has 0 radical (unpaired) electrons. The molecule has 3 rings (SSSR count). The van der Waals surface area contributed by atoms with E-state index in [1.807, 2.05) is 13.1 Å². The quantitative estimate of drug-likeness (QED) is 0.599. The molecule has 0 bridgehead atoms. The fourth-order valence-electron chi connectivity index (χ4n) is 3.41. The first kappa shape index (κ1) is 22.7. The van der Waals surface area contributed by atoms with Gasteiger partial charge >= 0.3 is 6.03 Å². The lowest BCUT2D eigenvalue weighted by molar-refractivity contribution is 0.183. The number of nitrogens with one attached hydrogen (secondary N) is 1. The standard InChI is InChI=1S/C21H26Cl2N4O3/c1-13(12-29)8-20-24-10-15-4-6-27(11-19(15)25-20)21(30)26-18(5-7-28)14-2-3-16(22)17(23)9-14/h2-3,9-10,13,18,28-29H,4-8,11-12H2,1H3,(H,26,30)/t13-,18?/m1/s1. The number of carbonyl (C=O) groups excluding carboxylic acids is 1. The number of hydrogen-bond donors (Lipinski definition) is 3. The second-order valence-corrected chi connectivity index (χ2v) is 8.42. The Labute approximate surface area is 186 Å². The van der Waals surface area contributed by atoms with Gasteiger partial charge in [-0.3, -0.25) is 0 Å². The Morgan fingerprint density at radius 3 is 2.80 bits per heavy atom. The number of aliphatic hydroxyl groups excluding tert-OH is 2. The average molecular weight is 453 g/mol. The number of nitrogens with zero attached hydrogens (tertiary/aromatic N) is 3. The Morgan fingerprint density at radius 2 is 2.10 bits per heavy atom. The van der Waals surface area contributed by atoms with Crippen molar-refractivity contribution in [3.8, 4) is 0 Å². The molecule has 9 heteroatoms. The van der Waals surface area contributed by atoms with Gasteiger partial charge in [-0.25, -0.2) is 14.8 Å². The molecule has 3 N–H and O–H groups in total. The molecule has 0 saturated heterocycles. The van der Waals surface area contributed by atoms with E-state index < -0.39 is 0 Å². The maximum absolute atomic E-state index is 12.9. The van der Waals surface area contributed by atoms with Gasteiger partial charge in [-0.1, -0.05) is 36.2 Å². The summed E-state index contributed by atoms with van der Waals surface area (Å²) in [6.07, 6.45) is 3.45. The number of benzene rings is 1. The fraction of sp³-hybridized carbons (Fsp3) is 0.476. The second-order valence-electron chi connectivity index (χ2n) is 7.61. The summed E-state index contributed by atoms with van der Waals surface area (Å²) in [4.78, 5) is 23.6. The van der Waals surface area contributed by atoms with Crippen LogP contribution in [0.15, 0.2) is 24.4 Å². The molecule has 1 unspecified atom stereocenters. The molecule has 0 saturated carbocycles. The molecule has 1 aromatic carbocycles.